The summed E-state index contributed by atoms with van der Waals surface area (Å²) in [5.74, 6) is 0. The zero-order valence-electron chi connectivity index (χ0n) is 11.8. The van der Waals surface area contributed by atoms with Crippen LogP contribution in [0.3, 0.4) is 0 Å². The van der Waals surface area contributed by atoms with Gasteiger partial charge in [0.05, 0.1) is 12.0 Å². The highest BCUT2D eigenvalue weighted by molar-refractivity contribution is 7.19. The number of hydrogen-bond acceptors (Lipinski definition) is 6. The van der Waals surface area contributed by atoms with Crippen LogP contribution < -0.4 is 4.74 Å². The van der Waals surface area contributed by atoms with E-state index in [2.05, 4.69) is 15.1 Å². The first-order chi connectivity index (χ1) is 10.4. The predicted octanol–water partition coefficient (Wildman–Crippen LogP) is 2.24. The van der Waals surface area contributed by atoms with Crippen molar-refractivity contribution >= 4 is 27.2 Å². The molecule has 1 aliphatic rings. The average Bonchev–Trinajstić information content (AvgIpc) is 3.07. The third kappa shape index (κ3) is 2.16. The third-order valence-electron chi connectivity index (χ3n) is 3.79. The Morgan fingerprint density at radius 3 is 3.10 bits per heavy atom. The van der Waals surface area contributed by atoms with Crippen LogP contribution >= 0.6 is 11.3 Å². The summed E-state index contributed by atoms with van der Waals surface area (Å²) >= 11 is 1.79. The molecule has 0 atom stereocenters. The summed E-state index contributed by atoms with van der Waals surface area (Å²) in [7, 11) is 1.64. The fourth-order valence-electron chi connectivity index (χ4n) is 2.81. The quantitative estimate of drug-likeness (QED) is 0.692. The molecule has 1 aliphatic carbocycles. The van der Waals surface area contributed by atoms with Crippen LogP contribution in [0.15, 0.2) is 6.33 Å². The van der Waals surface area contributed by atoms with Crippen molar-refractivity contribution in [3.05, 3.63) is 16.8 Å². The van der Waals surface area contributed by atoms with Crippen LogP contribution in [0.2, 0.25) is 0 Å². The summed E-state index contributed by atoms with van der Waals surface area (Å²) < 4.78 is 12.2. The van der Waals surface area contributed by atoms with E-state index in [4.69, 9.17) is 9.47 Å². The first-order valence-corrected chi connectivity index (χ1v) is 7.96. The van der Waals surface area contributed by atoms with E-state index in [-0.39, 0.29) is 0 Å². The van der Waals surface area contributed by atoms with E-state index in [0.717, 1.165) is 28.7 Å². The molecule has 110 valence electrons. The van der Waals surface area contributed by atoms with Gasteiger partial charge in [-0.2, -0.15) is 9.50 Å². The van der Waals surface area contributed by atoms with E-state index >= 15 is 0 Å². The standard InChI is InChI=1S/C14H16N4O2S/c1-19-6-7-20-14-16-12-11-9-4-2-3-5-10(9)21-13(11)15-8-18(12)17-14/h8H,2-7H2,1H3. The van der Waals surface area contributed by atoms with Gasteiger partial charge in [0, 0.05) is 12.0 Å². The maximum Gasteiger partial charge on any atom is 0.336 e. The number of rotatable bonds is 4. The number of aromatic nitrogens is 4. The highest BCUT2D eigenvalue weighted by atomic mass is 32.1. The van der Waals surface area contributed by atoms with Crippen LogP contribution in [-0.2, 0) is 17.6 Å². The van der Waals surface area contributed by atoms with Gasteiger partial charge in [0.25, 0.3) is 0 Å². The molecular formula is C14H16N4O2S. The monoisotopic (exact) mass is 304 g/mol. The summed E-state index contributed by atoms with van der Waals surface area (Å²) in [6.07, 6.45) is 6.51. The molecule has 0 unspecified atom stereocenters. The lowest BCUT2D eigenvalue weighted by Crippen LogP contribution is -2.05. The molecule has 3 heterocycles. The Morgan fingerprint density at radius 2 is 2.19 bits per heavy atom. The third-order valence-corrected chi connectivity index (χ3v) is 4.99. The highest BCUT2D eigenvalue weighted by Crippen LogP contribution is 2.37. The molecule has 0 fully saturated rings. The van der Waals surface area contributed by atoms with E-state index in [1.165, 1.54) is 23.3 Å². The van der Waals surface area contributed by atoms with Gasteiger partial charge in [-0.3, -0.25) is 0 Å². The molecule has 4 rings (SSSR count). The normalized spacial score (nSPS) is 14.7. The second-order valence-corrected chi connectivity index (χ2v) is 6.22. The molecule has 7 heteroatoms. The van der Waals surface area contributed by atoms with Crippen molar-refractivity contribution in [2.45, 2.75) is 25.7 Å². The summed E-state index contributed by atoms with van der Waals surface area (Å²) in [5, 5.41) is 5.49. The second-order valence-electron chi connectivity index (χ2n) is 5.14. The predicted molar refractivity (Wildman–Crippen MR) is 80.2 cm³/mol. The molecule has 3 aromatic heterocycles. The number of thiophene rings is 1. The van der Waals surface area contributed by atoms with Crippen LogP contribution in [0.1, 0.15) is 23.3 Å². The first-order valence-electron chi connectivity index (χ1n) is 7.14. The second kappa shape index (κ2) is 5.23. The van der Waals surface area contributed by atoms with E-state index in [0.29, 0.717) is 19.2 Å². The topological polar surface area (TPSA) is 61.5 Å². The Labute approximate surface area is 125 Å². The number of aryl methyl sites for hydroxylation is 2. The molecule has 0 amide bonds. The maximum atomic E-state index is 5.51. The highest BCUT2D eigenvalue weighted by Gasteiger charge is 2.20. The van der Waals surface area contributed by atoms with Gasteiger partial charge in [-0.1, -0.05) is 0 Å². The smallest absolute Gasteiger partial charge is 0.336 e. The van der Waals surface area contributed by atoms with Crippen molar-refractivity contribution in [3.8, 4) is 6.01 Å². The molecule has 0 saturated heterocycles. The van der Waals surface area contributed by atoms with E-state index < -0.39 is 0 Å². The summed E-state index contributed by atoms with van der Waals surface area (Å²) in [6, 6.07) is 0.386. The van der Waals surface area contributed by atoms with Crippen molar-refractivity contribution in [1.82, 2.24) is 19.6 Å². The minimum absolute atomic E-state index is 0.386. The van der Waals surface area contributed by atoms with Gasteiger partial charge in [0.1, 0.15) is 17.8 Å². The summed E-state index contributed by atoms with van der Waals surface area (Å²) in [4.78, 5) is 11.6. The van der Waals surface area contributed by atoms with Gasteiger partial charge in [-0.05, 0) is 31.2 Å². The molecule has 0 spiro atoms. The molecule has 0 radical (unpaired) electrons. The van der Waals surface area contributed by atoms with Crippen molar-refractivity contribution in [1.29, 1.82) is 0 Å². The van der Waals surface area contributed by atoms with Gasteiger partial charge in [-0.25, -0.2) is 4.98 Å². The molecule has 0 aromatic carbocycles. The minimum atomic E-state index is 0.386. The van der Waals surface area contributed by atoms with E-state index in [1.54, 1.807) is 29.3 Å². The van der Waals surface area contributed by atoms with Gasteiger partial charge >= 0.3 is 6.01 Å². The van der Waals surface area contributed by atoms with Crippen LogP contribution in [0.25, 0.3) is 15.9 Å². The van der Waals surface area contributed by atoms with Crippen molar-refractivity contribution in [2.24, 2.45) is 0 Å². The zero-order chi connectivity index (χ0) is 14.2. The Morgan fingerprint density at radius 1 is 1.29 bits per heavy atom. The van der Waals surface area contributed by atoms with Gasteiger partial charge in [0.2, 0.25) is 0 Å². The molecule has 3 aromatic rings. The Balaban J connectivity index is 1.82. The fraction of sp³-hybridized carbons (Fsp3) is 0.500. The maximum absolute atomic E-state index is 5.51. The molecular weight excluding hydrogens is 288 g/mol. The number of fused-ring (bicyclic) bond motifs is 5. The van der Waals surface area contributed by atoms with Crippen LogP contribution in [0.4, 0.5) is 0 Å². The molecule has 21 heavy (non-hydrogen) atoms. The summed E-state index contributed by atoms with van der Waals surface area (Å²) in [5.41, 5.74) is 2.27. The number of methoxy groups -OCH3 is 1. The van der Waals surface area contributed by atoms with Gasteiger partial charge in [-0.15, -0.1) is 16.4 Å². The molecule has 6 nitrogen and oxygen atoms in total. The SMILES string of the molecule is COCCOc1nc2c3c4c(sc3ncn2n1)CCCC4. The van der Waals surface area contributed by atoms with E-state index in [1.807, 2.05) is 0 Å². The Bertz CT molecular complexity index is 795. The fourth-order valence-corrected chi connectivity index (χ4v) is 4.04. The van der Waals surface area contributed by atoms with Crippen molar-refractivity contribution < 1.29 is 9.47 Å². The minimum Gasteiger partial charge on any atom is -0.460 e. The van der Waals surface area contributed by atoms with Crippen molar-refractivity contribution in [2.75, 3.05) is 20.3 Å². The lowest BCUT2D eigenvalue weighted by molar-refractivity contribution is 0.141. The number of nitrogens with zero attached hydrogens (tertiary/aromatic N) is 4. The average molecular weight is 304 g/mol. The van der Waals surface area contributed by atoms with Crippen molar-refractivity contribution in [3.63, 3.8) is 0 Å². The van der Waals surface area contributed by atoms with Gasteiger partial charge < -0.3 is 9.47 Å². The first kappa shape index (κ1) is 13.0. The van der Waals surface area contributed by atoms with Crippen LogP contribution in [0, 0.1) is 0 Å². The molecule has 0 saturated carbocycles. The van der Waals surface area contributed by atoms with Crippen LogP contribution in [-0.4, -0.2) is 39.9 Å². The number of ether oxygens (including phenoxy) is 2. The lowest BCUT2D eigenvalue weighted by Gasteiger charge is -2.09. The van der Waals surface area contributed by atoms with Crippen LogP contribution in [0.5, 0.6) is 6.01 Å². The zero-order valence-corrected chi connectivity index (χ0v) is 12.7. The Hall–Kier alpha value is -1.73. The summed E-state index contributed by atoms with van der Waals surface area (Å²) in [6.45, 7) is 0.975. The van der Waals surface area contributed by atoms with E-state index in [9.17, 15) is 0 Å². The molecule has 0 N–H and O–H groups in total. The Kier molecular flexibility index (Phi) is 3.23. The number of hydrogen-bond donors (Lipinski definition) is 0. The molecule has 0 bridgehead atoms. The lowest BCUT2D eigenvalue weighted by atomic mass is 9.97. The van der Waals surface area contributed by atoms with Gasteiger partial charge in [0.15, 0.2) is 5.65 Å². The molecule has 0 aliphatic heterocycles. The largest absolute Gasteiger partial charge is 0.460 e.